The van der Waals surface area contributed by atoms with Crippen molar-refractivity contribution in [2.75, 3.05) is 7.11 Å². The number of benzene rings is 1. The first kappa shape index (κ1) is 11.4. The Kier molecular flexibility index (Phi) is 2.71. The second kappa shape index (κ2) is 4.52. The van der Waals surface area contributed by atoms with Crippen molar-refractivity contribution < 1.29 is 9.26 Å². The van der Waals surface area contributed by atoms with Crippen LogP contribution in [0.2, 0.25) is 0 Å². The lowest BCUT2D eigenvalue weighted by Gasteiger charge is -2.04. The molecule has 0 spiro atoms. The first-order valence-corrected chi connectivity index (χ1v) is 5.62. The van der Waals surface area contributed by atoms with Gasteiger partial charge in [0, 0.05) is 5.56 Å². The molecule has 7 nitrogen and oxygen atoms in total. The second-order valence-corrected chi connectivity index (χ2v) is 3.94. The van der Waals surface area contributed by atoms with E-state index in [0.717, 1.165) is 16.9 Å². The van der Waals surface area contributed by atoms with Crippen LogP contribution in [0.25, 0.3) is 23.1 Å². The zero-order chi connectivity index (χ0) is 13.2. The molecule has 0 aliphatic heterocycles. The molecule has 3 rings (SSSR count). The minimum Gasteiger partial charge on any atom is -0.496 e. The van der Waals surface area contributed by atoms with Gasteiger partial charge in [0.05, 0.1) is 7.11 Å². The van der Waals surface area contributed by atoms with Gasteiger partial charge >= 0.3 is 0 Å². The Morgan fingerprint density at radius 3 is 2.95 bits per heavy atom. The van der Waals surface area contributed by atoms with Gasteiger partial charge in [-0.1, -0.05) is 11.2 Å². The van der Waals surface area contributed by atoms with E-state index in [2.05, 4.69) is 25.3 Å². The molecule has 3 aromatic rings. The first-order valence-electron chi connectivity index (χ1n) is 5.62. The summed E-state index contributed by atoms with van der Waals surface area (Å²) in [7, 11) is 1.62. The molecule has 0 unspecified atom stereocenters. The number of ether oxygens (including phenoxy) is 1. The Morgan fingerprint density at radius 2 is 2.21 bits per heavy atom. The smallest absolute Gasteiger partial charge is 0.258 e. The molecule has 2 aromatic heterocycles. The number of rotatable bonds is 3. The van der Waals surface area contributed by atoms with Crippen LogP contribution < -0.4 is 4.74 Å². The monoisotopic (exact) mass is 257 g/mol. The number of aryl methyl sites for hydroxylation is 1. The summed E-state index contributed by atoms with van der Waals surface area (Å²) in [5.41, 5.74) is 1.84. The van der Waals surface area contributed by atoms with E-state index in [-0.39, 0.29) is 0 Å². The average Bonchev–Trinajstić information content (AvgIpc) is 3.10. The minimum absolute atomic E-state index is 0.368. The Morgan fingerprint density at radius 1 is 1.32 bits per heavy atom. The summed E-state index contributed by atoms with van der Waals surface area (Å²) < 4.78 is 10.5. The van der Waals surface area contributed by atoms with Gasteiger partial charge in [-0.15, -0.1) is 0 Å². The lowest BCUT2D eigenvalue weighted by Crippen LogP contribution is -1.88. The normalized spacial score (nSPS) is 10.6. The largest absolute Gasteiger partial charge is 0.496 e. The fourth-order valence-corrected chi connectivity index (χ4v) is 1.70. The van der Waals surface area contributed by atoms with Gasteiger partial charge in [-0.05, 0) is 24.6 Å². The standard InChI is InChI=1S/C12H11N5O2/c1-7-3-4-8(5-9(7)18-2)12-15-11(17-19-12)10-13-6-14-16-10/h3-6H,1-2H3,(H,13,14,16). The molecule has 0 saturated carbocycles. The number of aromatic nitrogens is 5. The highest BCUT2D eigenvalue weighted by atomic mass is 16.5. The van der Waals surface area contributed by atoms with Crippen molar-refractivity contribution in [1.29, 1.82) is 0 Å². The fourth-order valence-electron chi connectivity index (χ4n) is 1.70. The lowest BCUT2D eigenvalue weighted by atomic mass is 10.1. The Hall–Kier alpha value is -2.70. The third-order valence-electron chi connectivity index (χ3n) is 2.71. The number of methoxy groups -OCH3 is 1. The Bertz CT molecular complexity index is 690. The van der Waals surface area contributed by atoms with Crippen molar-refractivity contribution in [2.45, 2.75) is 6.92 Å². The molecule has 0 fully saturated rings. The third-order valence-corrected chi connectivity index (χ3v) is 2.71. The minimum atomic E-state index is 0.368. The summed E-state index contributed by atoms with van der Waals surface area (Å²) in [4.78, 5) is 8.23. The SMILES string of the molecule is COc1cc(-c2nc(-c3ncn[nH]3)no2)ccc1C. The molecule has 19 heavy (non-hydrogen) atoms. The van der Waals surface area contributed by atoms with Gasteiger partial charge in [-0.2, -0.15) is 10.1 Å². The van der Waals surface area contributed by atoms with Crippen molar-refractivity contribution in [2.24, 2.45) is 0 Å². The van der Waals surface area contributed by atoms with Crippen LogP contribution in [-0.4, -0.2) is 32.4 Å². The first-order chi connectivity index (χ1) is 9.28. The van der Waals surface area contributed by atoms with E-state index in [4.69, 9.17) is 9.26 Å². The number of nitrogens with one attached hydrogen (secondary N) is 1. The quantitative estimate of drug-likeness (QED) is 0.770. The molecule has 0 amide bonds. The highest BCUT2D eigenvalue weighted by molar-refractivity contribution is 5.59. The third kappa shape index (κ3) is 2.05. The van der Waals surface area contributed by atoms with E-state index in [1.165, 1.54) is 6.33 Å². The Balaban J connectivity index is 1.99. The van der Waals surface area contributed by atoms with Gasteiger partial charge in [0.1, 0.15) is 12.1 Å². The van der Waals surface area contributed by atoms with Crippen LogP contribution in [0.3, 0.4) is 0 Å². The number of hydrogen-bond acceptors (Lipinski definition) is 6. The van der Waals surface area contributed by atoms with Crippen LogP contribution in [0.1, 0.15) is 5.56 Å². The molecule has 1 N–H and O–H groups in total. The summed E-state index contributed by atoms with van der Waals surface area (Å²) in [5.74, 6) is 2.02. The summed E-state index contributed by atoms with van der Waals surface area (Å²) in [6.07, 6.45) is 1.39. The van der Waals surface area contributed by atoms with Gasteiger partial charge in [0.25, 0.3) is 5.89 Å². The Labute approximate surface area is 108 Å². The van der Waals surface area contributed by atoms with Crippen molar-refractivity contribution in [3.05, 3.63) is 30.1 Å². The van der Waals surface area contributed by atoms with E-state index in [9.17, 15) is 0 Å². The van der Waals surface area contributed by atoms with Gasteiger partial charge in [0.2, 0.25) is 5.82 Å². The molecule has 1 aromatic carbocycles. The number of aromatic amines is 1. The molecule has 0 aliphatic rings. The summed E-state index contributed by atoms with van der Waals surface area (Å²) >= 11 is 0. The zero-order valence-electron chi connectivity index (χ0n) is 10.4. The molecule has 7 heteroatoms. The molecule has 0 atom stereocenters. The van der Waals surface area contributed by atoms with Gasteiger partial charge < -0.3 is 9.26 Å². The summed E-state index contributed by atoms with van der Waals surface area (Å²) in [6.45, 7) is 1.97. The average molecular weight is 257 g/mol. The van der Waals surface area contributed by atoms with E-state index >= 15 is 0 Å². The zero-order valence-corrected chi connectivity index (χ0v) is 10.4. The van der Waals surface area contributed by atoms with Gasteiger partial charge in [0.15, 0.2) is 5.82 Å². The maximum atomic E-state index is 5.27. The van der Waals surface area contributed by atoms with E-state index in [0.29, 0.717) is 17.5 Å². The van der Waals surface area contributed by atoms with E-state index in [1.54, 1.807) is 7.11 Å². The molecule has 0 radical (unpaired) electrons. The fraction of sp³-hybridized carbons (Fsp3) is 0.167. The highest BCUT2D eigenvalue weighted by Crippen LogP contribution is 2.26. The predicted molar refractivity (Wildman–Crippen MR) is 66.4 cm³/mol. The van der Waals surface area contributed by atoms with Crippen LogP contribution in [0.15, 0.2) is 29.0 Å². The summed E-state index contributed by atoms with van der Waals surface area (Å²) in [5, 5.41) is 10.3. The van der Waals surface area contributed by atoms with Crippen LogP contribution in [0.5, 0.6) is 5.75 Å². The maximum Gasteiger partial charge on any atom is 0.258 e. The van der Waals surface area contributed by atoms with Gasteiger partial charge in [-0.25, -0.2) is 4.98 Å². The number of H-pyrrole nitrogens is 1. The van der Waals surface area contributed by atoms with E-state index < -0.39 is 0 Å². The number of nitrogens with zero attached hydrogens (tertiary/aromatic N) is 4. The van der Waals surface area contributed by atoms with Crippen LogP contribution in [-0.2, 0) is 0 Å². The lowest BCUT2D eigenvalue weighted by molar-refractivity contribution is 0.410. The molecule has 2 heterocycles. The van der Waals surface area contributed by atoms with E-state index in [1.807, 2.05) is 25.1 Å². The topological polar surface area (TPSA) is 89.7 Å². The van der Waals surface area contributed by atoms with Crippen LogP contribution in [0.4, 0.5) is 0 Å². The summed E-state index contributed by atoms with van der Waals surface area (Å²) in [6, 6.07) is 5.69. The molecule has 96 valence electrons. The molecular weight excluding hydrogens is 246 g/mol. The second-order valence-electron chi connectivity index (χ2n) is 3.94. The molecule has 0 bridgehead atoms. The van der Waals surface area contributed by atoms with Crippen molar-refractivity contribution >= 4 is 0 Å². The predicted octanol–water partition coefficient (Wildman–Crippen LogP) is 1.84. The van der Waals surface area contributed by atoms with Crippen LogP contribution >= 0.6 is 0 Å². The molecular formula is C12H11N5O2. The highest BCUT2D eigenvalue weighted by Gasteiger charge is 2.13. The van der Waals surface area contributed by atoms with Crippen molar-refractivity contribution in [3.63, 3.8) is 0 Å². The van der Waals surface area contributed by atoms with Crippen molar-refractivity contribution in [3.8, 4) is 28.9 Å². The van der Waals surface area contributed by atoms with Crippen LogP contribution in [0, 0.1) is 6.92 Å². The molecule has 0 saturated heterocycles. The van der Waals surface area contributed by atoms with Crippen molar-refractivity contribution in [1.82, 2.24) is 25.3 Å². The number of hydrogen-bond donors (Lipinski definition) is 1. The maximum absolute atomic E-state index is 5.27. The van der Waals surface area contributed by atoms with Gasteiger partial charge in [-0.3, -0.25) is 5.10 Å². The molecule has 0 aliphatic carbocycles.